The topological polar surface area (TPSA) is 142 Å². The SMILES string of the molecule is O=C(O)c1nc(NCCC2CCC2)c2c(n1)nc(C(=O)N[C@@H](CO)c1ccccc1)n2Cc1ccc(C(F)(F)F)cc1. The molecule has 220 valence electrons. The number of aliphatic hydroxyl groups excluding tert-OH is 1. The van der Waals surface area contributed by atoms with Crippen molar-refractivity contribution in [2.24, 2.45) is 5.92 Å². The van der Waals surface area contributed by atoms with Crippen LogP contribution in [0.5, 0.6) is 0 Å². The summed E-state index contributed by atoms with van der Waals surface area (Å²) < 4.78 is 41.0. The highest BCUT2D eigenvalue weighted by Crippen LogP contribution is 2.31. The number of nitrogens with zero attached hydrogens (tertiary/aromatic N) is 4. The first-order chi connectivity index (χ1) is 20.1. The molecule has 2 heterocycles. The molecule has 2 aromatic carbocycles. The lowest BCUT2D eigenvalue weighted by molar-refractivity contribution is -0.137. The molecule has 0 saturated heterocycles. The van der Waals surface area contributed by atoms with Gasteiger partial charge in [0.1, 0.15) is 5.52 Å². The number of hydrogen-bond donors (Lipinski definition) is 4. The van der Waals surface area contributed by atoms with E-state index in [1.54, 1.807) is 30.3 Å². The van der Waals surface area contributed by atoms with Crippen LogP contribution in [0.1, 0.15) is 69.7 Å². The van der Waals surface area contributed by atoms with E-state index < -0.39 is 42.1 Å². The molecule has 1 atom stereocenters. The molecule has 42 heavy (non-hydrogen) atoms. The molecule has 4 aromatic rings. The molecule has 1 amide bonds. The molecular weight excluding hydrogens is 553 g/mol. The fourth-order valence-electron chi connectivity index (χ4n) is 4.88. The van der Waals surface area contributed by atoms with Gasteiger partial charge >= 0.3 is 12.1 Å². The number of fused-ring (bicyclic) bond motifs is 1. The summed E-state index contributed by atoms with van der Waals surface area (Å²) in [4.78, 5) is 38.0. The van der Waals surface area contributed by atoms with Crippen LogP contribution in [-0.4, -0.2) is 54.8 Å². The number of hydrogen-bond acceptors (Lipinski definition) is 7. The Bertz CT molecular complexity index is 1570. The lowest BCUT2D eigenvalue weighted by Crippen LogP contribution is -2.33. The summed E-state index contributed by atoms with van der Waals surface area (Å²) in [5, 5.41) is 25.5. The second kappa shape index (κ2) is 12.1. The molecular formula is C29H29F3N6O4. The first-order valence-corrected chi connectivity index (χ1v) is 13.5. The highest BCUT2D eigenvalue weighted by Gasteiger charge is 2.30. The lowest BCUT2D eigenvalue weighted by atomic mass is 9.83. The Labute approximate surface area is 238 Å². The number of alkyl halides is 3. The second-order valence-corrected chi connectivity index (χ2v) is 10.2. The van der Waals surface area contributed by atoms with E-state index in [2.05, 4.69) is 25.6 Å². The Kier molecular flexibility index (Phi) is 8.39. The van der Waals surface area contributed by atoms with Gasteiger partial charge in [-0.05, 0) is 35.6 Å². The van der Waals surface area contributed by atoms with Crippen LogP contribution in [0.25, 0.3) is 11.2 Å². The predicted molar refractivity (Wildman–Crippen MR) is 147 cm³/mol. The molecule has 2 aromatic heterocycles. The average molecular weight is 583 g/mol. The van der Waals surface area contributed by atoms with Crippen LogP contribution in [0.15, 0.2) is 54.6 Å². The quantitative estimate of drug-likeness (QED) is 0.200. The van der Waals surface area contributed by atoms with E-state index in [9.17, 15) is 33.0 Å². The van der Waals surface area contributed by atoms with Gasteiger partial charge in [0.05, 0.1) is 24.8 Å². The van der Waals surface area contributed by atoms with E-state index in [0.717, 1.165) is 31.4 Å². The number of aromatic carboxylic acids is 1. The highest BCUT2D eigenvalue weighted by molar-refractivity contribution is 5.98. The molecule has 1 aliphatic rings. The average Bonchev–Trinajstić information content (AvgIpc) is 3.31. The Morgan fingerprint density at radius 1 is 1.02 bits per heavy atom. The third-order valence-electron chi connectivity index (χ3n) is 7.38. The monoisotopic (exact) mass is 582 g/mol. The van der Waals surface area contributed by atoms with Crippen molar-refractivity contribution in [3.63, 3.8) is 0 Å². The van der Waals surface area contributed by atoms with Crippen molar-refractivity contribution >= 4 is 28.9 Å². The van der Waals surface area contributed by atoms with Crippen molar-refractivity contribution in [3.8, 4) is 0 Å². The maximum absolute atomic E-state index is 13.6. The number of amides is 1. The van der Waals surface area contributed by atoms with Crippen LogP contribution >= 0.6 is 0 Å². The van der Waals surface area contributed by atoms with Gasteiger partial charge in [-0.3, -0.25) is 4.79 Å². The van der Waals surface area contributed by atoms with Crippen molar-refractivity contribution in [2.75, 3.05) is 18.5 Å². The van der Waals surface area contributed by atoms with Crippen LogP contribution in [0.3, 0.4) is 0 Å². The molecule has 1 aliphatic carbocycles. The smallest absolute Gasteiger partial charge is 0.416 e. The minimum absolute atomic E-state index is 0.0640. The molecule has 0 aliphatic heterocycles. The number of rotatable bonds is 11. The summed E-state index contributed by atoms with van der Waals surface area (Å²) in [6.45, 7) is -0.00511. The maximum Gasteiger partial charge on any atom is 0.416 e. The summed E-state index contributed by atoms with van der Waals surface area (Å²) in [5.41, 5.74) is 0.428. The van der Waals surface area contributed by atoms with Crippen LogP contribution < -0.4 is 10.6 Å². The first-order valence-electron chi connectivity index (χ1n) is 13.5. The molecule has 0 radical (unpaired) electrons. The third kappa shape index (κ3) is 6.35. The molecule has 5 rings (SSSR count). The fourth-order valence-corrected chi connectivity index (χ4v) is 4.88. The number of carbonyl (C=O) groups excluding carboxylic acids is 1. The van der Waals surface area contributed by atoms with E-state index >= 15 is 0 Å². The number of halogens is 3. The molecule has 1 fully saturated rings. The van der Waals surface area contributed by atoms with Crippen LogP contribution in [-0.2, 0) is 12.7 Å². The minimum Gasteiger partial charge on any atom is -0.475 e. The Hall–Kier alpha value is -4.52. The minimum atomic E-state index is -4.51. The second-order valence-electron chi connectivity index (χ2n) is 10.2. The van der Waals surface area contributed by atoms with Gasteiger partial charge in [0, 0.05) is 6.54 Å². The molecule has 4 N–H and O–H groups in total. The van der Waals surface area contributed by atoms with E-state index in [1.807, 2.05) is 0 Å². The largest absolute Gasteiger partial charge is 0.475 e. The summed E-state index contributed by atoms with van der Waals surface area (Å²) in [7, 11) is 0. The molecule has 1 saturated carbocycles. The van der Waals surface area contributed by atoms with Gasteiger partial charge in [0.15, 0.2) is 11.5 Å². The predicted octanol–water partition coefficient (Wildman–Crippen LogP) is 4.66. The number of nitrogens with one attached hydrogen (secondary N) is 2. The number of carbonyl (C=O) groups is 2. The molecule has 0 unspecified atom stereocenters. The van der Waals surface area contributed by atoms with Crippen molar-refractivity contribution in [1.82, 2.24) is 24.8 Å². The zero-order valence-corrected chi connectivity index (χ0v) is 22.4. The van der Waals surface area contributed by atoms with Crippen molar-refractivity contribution < 1.29 is 33.0 Å². The van der Waals surface area contributed by atoms with Crippen LogP contribution in [0, 0.1) is 5.92 Å². The van der Waals surface area contributed by atoms with Crippen molar-refractivity contribution in [1.29, 1.82) is 0 Å². The van der Waals surface area contributed by atoms with E-state index in [1.165, 1.54) is 23.1 Å². The van der Waals surface area contributed by atoms with Gasteiger partial charge in [-0.15, -0.1) is 0 Å². The normalized spacial score (nSPS) is 14.4. The zero-order valence-electron chi connectivity index (χ0n) is 22.4. The lowest BCUT2D eigenvalue weighted by Gasteiger charge is -2.25. The summed E-state index contributed by atoms with van der Waals surface area (Å²) in [6, 6.07) is 12.5. The number of carboxylic acid groups (broad SMARTS) is 1. The number of benzene rings is 2. The number of anilines is 1. The fraction of sp³-hybridized carbons (Fsp3) is 0.345. The summed E-state index contributed by atoms with van der Waals surface area (Å²) in [5.74, 6) is -2.06. The summed E-state index contributed by atoms with van der Waals surface area (Å²) >= 11 is 0. The van der Waals surface area contributed by atoms with Crippen molar-refractivity contribution in [2.45, 2.75) is 44.4 Å². The van der Waals surface area contributed by atoms with Gasteiger partial charge in [0.2, 0.25) is 11.6 Å². The van der Waals surface area contributed by atoms with Gasteiger partial charge in [-0.2, -0.15) is 13.2 Å². The molecule has 13 heteroatoms. The Balaban J connectivity index is 1.57. The van der Waals surface area contributed by atoms with Gasteiger partial charge in [0.25, 0.3) is 5.91 Å². The highest BCUT2D eigenvalue weighted by atomic mass is 19.4. The Morgan fingerprint density at radius 3 is 2.33 bits per heavy atom. The Morgan fingerprint density at radius 2 is 1.74 bits per heavy atom. The maximum atomic E-state index is 13.6. The van der Waals surface area contributed by atoms with Crippen LogP contribution in [0.4, 0.5) is 19.0 Å². The van der Waals surface area contributed by atoms with E-state index in [4.69, 9.17) is 0 Å². The molecule has 10 nitrogen and oxygen atoms in total. The standard InChI is InChI=1S/C29H29F3N6O4/c30-29(31,32)20-11-9-18(10-12-20)15-38-22-23(33-14-13-17-5-4-6-17)35-25(28(41)42)36-24(22)37-26(38)27(40)34-21(16-39)19-7-2-1-3-8-19/h1-3,7-12,17,21,39H,4-6,13-16H2,(H,34,40)(H,41,42)(H,33,35,36)/t21-/m0/s1. The van der Waals surface area contributed by atoms with Crippen molar-refractivity contribution in [3.05, 3.63) is 82.9 Å². The van der Waals surface area contributed by atoms with Crippen LogP contribution in [0.2, 0.25) is 0 Å². The van der Waals surface area contributed by atoms with E-state index in [-0.39, 0.29) is 29.4 Å². The number of aromatic nitrogens is 4. The third-order valence-corrected chi connectivity index (χ3v) is 7.38. The molecule has 0 bridgehead atoms. The molecule has 0 spiro atoms. The zero-order chi connectivity index (χ0) is 29.9. The first kappa shape index (κ1) is 29.0. The number of carboxylic acids is 1. The van der Waals surface area contributed by atoms with Gasteiger partial charge < -0.3 is 25.4 Å². The van der Waals surface area contributed by atoms with Gasteiger partial charge in [-0.1, -0.05) is 61.7 Å². The number of imidazole rings is 1. The summed E-state index contributed by atoms with van der Waals surface area (Å²) in [6.07, 6.45) is -0.276. The van der Waals surface area contributed by atoms with E-state index in [0.29, 0.717) is 23.6 Å². The van der Waals surface area contributed by atoms with Gasteiger partial charge in [-0.25, -0.2) is 19.7 Å². The number of aliphatic hydroxyl groups is 1.